The summed E-state index contributed by atoms with van der Waals surface area (Å²) in [5.74, 6) is 1.95. The summed E-state index contributed by atoms with van der Waals surface area (Å²) in [5, 5.41) is 3.84. The van der Waals surface area contributed by atoms with Crippen LogP contribution in [0.4, 0.5) is 0 Å². The van der Waals surface area contributed by atoms with E-state index >= 15 is 0 Å². The molecule has 2 nitrogen and oxygen atoms in total. The van der Waals surface area contributed by atoms with Gasteiger partial charge in [0.1, 0.15) is 0 Å². The van der Waals surface area contributed by atoms with E-state index in [1.165, 1.54) is 71.1 Å². The first-order chi connectivity index (χ1) is 8.81. The van der Waals surface area contributed by atoms with Crippen LogP contribution in [0.3, 0.4) is 0 Å². The molecule has 1 saturated carbocycles. The second-order valence-corrected chi connectivity index (χ2v) is 6.46. The molecule has 18 heavy (non-hydrogen) atoms. The lowest BCUT2D eigenvalue weighted by atomic mass is 9.83. The zero-order valence-electron chi connectivity index (χ0n) is 12.5. The minimum Gasteiger partial charge on any atom is -0.314 e. The zero-order valence-corrected chi connectivity index (χ0v) is 12.5. The predicted octanol–water partition coefficient (Wildman–Crippen LogP) is 3.28. The molecule has 1 aliphatic heterocycles. The van der Waals surface area contributed by atoms with E-state index in [0.29, 0.717) is 0 Å². The quantitative estimate of drug-likeness (QED) is 0.780. The summed E-state index contributed by atoms with van der Waals surface area (Å²) in [7, 11) is 0. The largest absolute Gasteiger partial charge is 0.314 e. The molecule has 1 atom stereocenters. The third kappa shape index (κ3) is 4.24. The Hall–Kier alpha value is -0.0800. The molecular weight excluding hydrogens is 220 g/mol. The smallest absolute Gasteiger partial charge is 0.00673 e. The molecule has 2 heteroatoms. The van der Waals surface area contributed by atoms with Crippen molar-refractivity contribution in [3.8, 4) is 0 Å². The lowest BCUT2D eigenvalue weighted by Gasteiger charge is -2.30. The van der Waals surface area contributed by atoms with Crippen LogP contribution in [0.2, 0.25) is 0 Å². The molecule has 0 bridgehead atoms. The maximum absolute atomic E-state index is 3.84. The topological polar surface area (TPSA) is 15.3 Å². The third-order valence-corrected chi connectivity index (χ3v) is 5.06. The minimum atomic E-state index is 0.828. The van der Waals surface area contributed by atoms with Gasteiger partial charge in [-0.3, -0.25) is 0 Å². The Morgan fingerprint density at radius 1 is 1.00 bits per heavy atom. The maximum atomic E-state index is 3.84. The van der Waals surface area contributed by atoms with E-state index in [-0.39, 0.29) is 0 Å². The molecule has 2 fully saturated rings. The number of hydrogen-bond acceptors (Lipinski definition) is 2. The Bertz CT molecular complexity index is 221. The molecule has 1 saturated heterocycles. The molecule has 2 rings (SSSR count). The number of hydrogen-bond donors (Lipinski definition) is 1. The number of nitrogens with one attached hydrogen (secondary N) is 1. The van der Waals surface area contributed by atoms with Gasteiger partial charge in [-0.15, -0.1) is 0 Å². The minimum absolute atomic E-state index is 0.828. The van der Waals surface area contributed by atoms with Crippen molar-refractivity contribution in [2.75, 3.05) is 26.2 Å². The summed E-state index contributed by atoms with van der Waals surface area (Å²) in [6.07, 6.45) is 10.0. The average Bonchev–Trinajstić information content (AvgIpc) is 2.86. The molecule has 0 amide bonds. The molecule has 0 aromatic heterocycles. The van der Waals surface area contributed by atoms with Gasteiger partial charge in [0.15, 0.2) is 0 Å². The van der Waals surface area contributed by atoms with Gasteiger partial charge in [-0.2, -0.15) is 0 Å². The Kier molecular flexibility index (Phi) is 5.97. The van der Waals surface area contributed by atoms with Crippen LogP contribution < -0.4 is 5.32 Å². The van der Waals surface area contributed by atoms with E-state index in [9.17, 15) is 0 Å². The number of likely N-dealkylation sites (tertiary alicyclic amines) is 1. The Labute approximate surface area is 114 Å². The van der Waals surface area contributed by atoms with E-state index in [1.807, 2.05) is 0 Å². The Morgan fingerprint density at radius 2 is 1.78 bits per heavy atom. The fourth-order valence-corrected chi connectivity index (χ4v) is 3.76. The van der Waals surface area contributed by atoms with Crippen LogP contribution in [-0.2, 0) is 0 Å². The van der Waals surface area contributed by atoms with Crippen molar-refractivity contribution in [1.29, 1.82) is 0 Å². The average molecular weight is 252 g/mol. The molecule has 0 radical (unpaired) electrons. The monoisotopic (exact) mass is 252 g/mol. The van der Waals surface area contributed by atoms with Gasteiger partial charge in [0.25, 0.3) is 0 Å². The lowest BCUT2D eigenvalue weighted by molar-refractivity contribution is 0.267. The maximum Gasteiger partial charge on any atom is 0.00673 e. The summed E-state index contributed by atoms with van der Waals surface area (Å²) in [6.45, 7) is 9.76. The van der Waals surface area contributed by atoms with Gasteiger partial charge >= 0.3 is 0 Å². The van der Waals surface area contributed by atoms with Gasteiger partial charge < -0.3 is 10.2 Å². The highest BCUT2D eigenvalue weighted by Gasteiger charge is 2.24. The summed E-state index contributed by atoms with van der Waals surface area (Å²) in [6, 6.07) is 0.828. The van der Waals surface area contributed by atoms with Crippen molar-refractivity contribution in [1.82, 2.24) is 10.2 Å². The second-order valence-electron chi connectivity index (χ2n) is 6.46. The molecule has 1 aliphatic carbocycles. The fraction of sp³-hybridized carbons (Fsp3) is 1.00. The normalized spacial score (nSPS) is 34.0. The van der Waals surface area contributed by atoms with E-state index in [4.69, 9.17) is 0 Å². The fourth-order valence-electron chi connectivity index (χ4n) is 3.76. The van der Waals surface area contributed by atoms with Gasteiger partial charge in [0, 0.05) is 12.6 Å². The highest BCUT2D eigenvalue weighted by Crippen LogP contribution is 2.28. The molecule has 1 N–H and O–H groups in total. The van der Waals surface area contributed by atoms with Gasteiger partial charge in [0.05, 0.1) is 0 Å². The highest BCUT2D eigenvalue weighted by atomic mass is 15.1. The molecule has 0 aromatic carbocycles. The van der Waals surface area contributed by atoms with Crippen molar-refractivity contribution in [2.24, 2.45) is 11.8 Å². The van der Waals surface area contributed by atoms with Crippen LogP contribution in [0.15, 0.2) is 0 Å². The van der Waals surface area contributed by atoms with Gasteiger partial charge in [-0.25, -0.2) is 0 Å². The predicted molar refractivity (Wildman–Crippen MR) is 78.9 cm³/mol. The summed E-state index contributed by atoms with van der Waals surface area (Å²) in [5.41, 5.74) is 0. The van der Waals surface area contributed by atoms with Crippen molar-refractivity contribution in [3.63, 3.8) is 0 Å². The molecule has 0 spiro atoms. The van der Waals surface area contributed by atoms with Crippen LogP contribution in [0, 0.1) is 11.8 Å². The Morgan fingerprint density at radius 3 is 2.39 bits per heavy atom. The summed E-state index contributed by atoms with van der Waals surface area (Å²) < 4.78 is 0. The summed E-state index contributed by atoms with van der Waals surface area (Å²) in [4.78, 5) is 2.59. The van der Waals surface area contributed by atoms with Crippen LogP contribution >= 0.6 is 0 Å². The highest BCUT2D eigenvalue weighted by molar-refractivity contribution is 4.81. The van der Waals surface area contributed by atoms with Crippen molar-refractivity contribution in [2.45, 2.75) is 64.8 Å². The van der Waals surface area contributed by atoms with Gasteiger partial charge in [-0.05, 0) is 63.6 Å². The lowest BCUT2D eigenvalue weighted by Crippen LogP contribution is -2.37. The third-order valence-electron chi connectivity index (χ3n) is 5.06. The van der Waals surface area contributed by atoms with Gasteiger partial charge in [-0.1, -0.05) is 26.7 Å². The van der Waals surface area contributed by atoms with E-state index < -0.39 is 0 Å². The first-order valence-electron chi connectivity index (χ1n) is 8.27. The molecular formula is C16H32N2. The van der Waals surface area contributed by atoms with Crippen LogP contribution in [-0.4, -0.2) is 37.1 Å². The van der Waals surface area contributed by atoms with Crippen LogP contribution in [0.1, 0.15) is 58.8 Å². The molecule has 2 aliphatic rings. The van der Waals surface area contributed by atoms with E-state index in [1.54, 1.807) is 0 Å². The first kappa shape index (κ1) is 14.3. The summed E-state index contributed by atoms with van der Waals surface area (Å²) >= 11 is 0. The Balaban J connectivity index is 1.58. The number of rotatable bonds is 6. The SMILES string of the molecule is CCCC1CCC(NCC2CCN(CC)C2)CC1. The molecule has 106 valence electrons. The number of nitrogens with zero attached hydrogens (tertiary/aromatic N) is 1. The van der Waals surface area contributed by atoms with Crippen molar-refractivity contribution >= 4 is 0 Å². The zero-order chi connectivity index (χ0) is 12.8. The van der Waals surface area contributed by atoms with Crippen molar-refractivity contribution < 1.29 is 0 Å². The molecule has 0 aromatic rings. The second kappa shape index (κ2) is 7.49. The van der Waals surface area contributed by atoms with Gasteiger partial charge in [0.2, 0.25) is 0 Å². The van der Waals surface area contributed by atoms with Crippen LogP contribution in [0.25, 0.3) is 0 Å². The molecule has 1 heterocycles. The molecule has 1 unspecified atom stereocenters. The standard InChI is InChI=1S/C16H32N2/c1-3-5-14-6-8-16(9-7-14)17-12-15-10-11-18(4-2)13-15/h14-17H,3-13H2,1-2H3. The van der Waals surface area contributed by atoms with E-state index in [2.05, 4.69) is 24.1 Å². The van der Waals surface area contributed by atoms with Crippen LogP contribution in [0.5, 0.6) is 0 Å². The first-order valence-corrected chi connectivity index (χ1v) is 8.27. The van der Waals surface area contributed by atoms with E-state index in [0.717, 1.165) is 17.9 Å². The van der Waals surface area contributed by atoms with Crippen molar-refractivity contribution in [3.05, 3.63) is 0 Å².